The van der Waals surface area contributed by atoms with E-state index in [4.69, 9.17) is 13.7 Å². The van der Waals surface area contributed by atoms with Gasteiger partial charge in [-0.3, -0.25) is 4.18 Å². The Morgan fingerprint density at radius 1 is 0.905 bits per heavy atom. The lowest BCUT2D eigenvalue weighted by atomic mass is 9.99. The number of aryl methyl sites for hydroxylation is 1. The number of thioether (sulfide) groups is 1. The van der Waals surface area contributed by atoms with Gasteiger partial charge in [0.25, 0.3) is 10.1 Å². The zero-order chi connectivity index (χ0) is 30.4. The highest BCUT2D eigenvalue weighted by molar-refractivity contribution is 7.99. The van der Waals surface area contributed by atoms with E-state index in [1.807, 2.05) is 93.6 Å². The van der Waals surface area contributed by atoms with Crippen molar-refractivity contribution in [2.24, 2.45) is 5.41 Å². The molecule has 0 fully saturated rings. The average molecular weight is 612 g/mol. The van der Waals surface area contributed by atoms with Gasteiger partial charge in [-0.2, -0.15) is 20.2 Å². The maximum atomic E-state index is 13.0. The van der Waals surface area contributed by atoms with Crippen LogP contribution >= 0.6 is 11.8 Å². The van der Waals surface area contributed by atoms with E-state index >= 15 is 0 Å². The standard InChI is InChI=1S/C33H41NO6S2/c1-33(2,3)25-40-42(36,37)22-21-30(34-32(35)39-23-27-13-9-6-10-14-27)31(20-17-26-11-7-5-8-12-26)41-24-28-15-18-29(38-4)19-16-28/h5-16,18-19,21-22,30-31H,17,20,23-25H2,1-4H3,(H,34,35)/b22-21+/t30-,31-/m0/s1. The number of benzene rings is 3. The molecule has 1 N–H and O–H groups in total. The van der Waals surface area contributed by atoms with Gasteiger partial charge in [0, 0.05) is 11.0 Å². The van der Waals surface area contributed by atoms with Crippen LogP contribution in [0, 0.1) is 5.41 Å². The summed E-state index contributed by atoms with van der Waals surface area (Å²) in [5.41, 5.74) is 2.77. The number of nitrogens with one attached hydrogen (secondary N) is 1. The Balaban J connectivity index is 1.82. The average Bonchev–Trinajstić information content (AvgIpc) is 2.98. The summed E-state index contributed by atoms with van der Waals surface area (Å²) in [6, 6.07) is 26.6. The van der Waals surface area contributed by atoms with Gasteiger partial charge in [-0.05, 0) is 53.2 Å². The van der Waals surface area contributed by atoms with E-state index in [-0.39, 0.29) is 23.9 Å². The summed E-state index contributed by atoms with van der Waals surface area (Å²) in [4.78, 5) is 13.0. The second-order valence-corrected chi connectivity index (χ2v) is 13.8. The van der Waals surface area contributed by atoms with Crippen molar-refractivity contribution in [2.75, 3.05) is 13.7 Å². The molecule has 2 atom stereocenters. The van der Waals surface area contributed by atoms with E-state index < -0.39 is 22.3 Å². The van der Waals surface area contributed by atoms with E-state index in [9.17, 15) is 13.2 Å². The molecule has 226 valence electrons. The van der Waals surface area contributed by atoms with Crippen LogP contribution in [0.5, 0.6) is 5.75 Å². The molecule has 3 aromatic rings. The molecule has 0 bridgehead atoms. The summed E-state index contributed by atoms with van der Waals surface area (Å²) in [7, 11) is -2.35. The molecule has 0 saturated carbocycles. The Kier molecular flexibility index (Phi) is 13.0. The van der Waals surface area contributed by atoms with E-state index in [2.05, 4.69) is 17.4 Å². The Bertz CT molecular complexity index is 1360. The monoisotopic (exact) mass is 611 g/mol. The summed E-state index contributed by atoms with van der Waals surface area (Å²) >= 11 is 1.64. The first-order valence-corrected chi connectivity index (χ1v) is 16.4. The number of carbonyl (C=O) groups excluding carboxylic acids is 1. The molecule has 0 saturated heterocycles. The van der Waals surface area contributed by atoms with Crippen LogP contribution in [0.25, 0.3) is 0 Å². The lowest BCUT2D eigenvalue weighted by Gasteiger charge is -2.26. The van der Waals surface area contributed by atoms with Gasteiger partial charge in [0.1, 0.15) is 12.4 Å². The first kappa shape index (κ1) is 33.2. The van der Waals surface area contributed by atoms with Gasteiger partial charge in [0.15, 0.2) is 0 Å². The van der Waals surface area contributed by atoms with Crippen molar-refractivity contribution in [1.29, 1.82) is 0 Å². The Hall–Kier alpha value is -3.27. The molecular weight excluding hydrogens is 570 g/mol. The fourth-order valence-electron chi connectivity index (χ4n) is 3.89. The van der Waals surface area contributed by atoms with Crippen LogP contribution in [0.15, 0.2) is 96.4 Å². The van der Waals surface area contributed by atoms with Crippen molar-refractivity contribution in [3.05, 3.63) is 113 Å². The van der Waals surface area contributed by atoms with Crippen LogP contribution in [0.4, 0.5) is 4.79 Å². The Morgan fingerprint density at radius 3 is 2.12 bits per heavy atom. The van der Waals surface area contributed by atoms with Crippen molar-refractivity contribution in [3.8, 4) is 5.75 Å². The molecule has 0 aliphatic carbocycles. The fraction of sp³-hybridized carbons (Fsp3) is 0.364. The largest absolute Gasteiger partial charge is 0.497 e. The third-order valence-electron chi connectivity index (χ3n) is 6.19. The van der Waals surface area contributed by atoms with Gasteiger partial charge in [0.05, 0.1) is 25.2 Å². The van der Waals surface area contributed by atoms with Crippen molar-refractivity contribution >= 4 is 28.0 Å². The van der Waals surface area contributed by atoms with Gasteiger partial charge in [0.2, 0.25) is 0 Å². The summed E-state index contributed by atoms with van der Waals surface area (Å²) in [6.45, 7) is 5.84. The molecule has 3 rings (SSSR count). The molecule has 0 unspecified atom stereocenters. The number of carbonyl (C=O) groups is 1. The summed E-state index contributed by atoms with van der Waals surface area (Å²) in [6.07, 6.45) is 2.30. The smallest absolute Gasteiger partial charge is 0.407 e. The van der Waals surface area contributed by atoms with Gasteiger partial charge >= 0.3 is 6.09 Å². The van der Waals surface area contributed by atoms with Crippen molar-refractivity contribution in [2.45, 2.75) is 57.3 Å². The maximum absolute atomic E-state index is 13.0. The zero-order valence-corrected chi connectivity index (χ0v) is 26.3. The third-order valence-corrected chi connectivity index (χ3v) is 8.58. The summed E-state index contributed by atoms with van der Waals surface area (Å²) in [5, 5.41) is 3.78. The van der Waals surface area contributed by atoms with E-state index in [1.54, 1.807) is 18.9 Å². The predicted octanol–water partition coefficient (Wildman–Crippen LogP) is 7.13. The number of methoxy groups -OCH3 is 1. The lowest BCUT2D eigenvalue weighted by molar-refractivity contribution is 0.137. The normalized spacial score (nSPS) is 13.4. The Labute approximate surface area is 254 Å². The summed E-state index contributed by atoms with van der Waals surface area (Å²) in [5.74, 6) is 1.43. The number of hydrogen-bond acceptors (Lipinski definition) is 7. The first-order chi connectivity index (χ1) is 20.0. The van der Waals surface area contributed by atoms with Gasteiger partial charge < -0.3 is 14.8 Å². The minimum Gasteiger partial charge on any atom is -0.497 e. The SMILES string of the molecule is COc1ccc(CS[C@@H](CCc2ccccc2)[C@H](/C=C/S(=O)(=O)OCC(C)(C)C)NC(=O)OCc2ccccc2)cc1. The summed E-state index contributed by atoms with van der Waals surface area (Å²) < 4.78 is 41.5. The van der Waals surface area contributed by atoms with Crippen LogP contribution < -0.4 is 10.1 Å². The highest BCUT2D eigenvalue weighted by Gasteiger charge is 2.24. The number of ether oxygens (including phenoxy) is 2. The van der Waals surface area contributed by atoms with E-state index in [0.29, 0.717) is 12.2 Å². The van der Waals surface area contributed by atoms with Crippen molar-refractivity contribution in [3.63, 3.8) is 0 Å². The molecule has 1 amide bonds. The first-order valence-electron chi connectivity index (χ1n) is 13.9. The van der Waals surface area contributed by atoms with E-state index in [0.717, 1.165) is 34.3 Å². The van der Waals surface area contributed by atoms with Crippen LogP contribution in [0.2, 0.25) is 0 Å². The third kappa shape index (κ3) is 12.7. The van der Waals surface area contributed by atoms with Crippen molar-refractivity contribution < 1.29 is 26.9 Å². The number of hydrogen-bond donors (Lipinski definition) is 1. The van der Waals surface area contributed by atoms with Crippen LogP contribution in [0.1, 0.15) is 43.9 Å². The number of alkyl carbamates (subject to hydrolysis) is 1. The zero-order valence-electron chi connectivity index (χ0n) is 24.7. The molecule has 9 heteroatoms. The molecule has 42 heavy (non-hydrogen) atoms. The highest BCUT2D eigenvalue weighted by atomic mass is 32.2. The molecule has 3 aromatic carbocycles. The molecule has 0 spiro atoms. The number of rotatable bonds is 15. The topological polar surface area (TPSA) is 90.9 Å². The fourth-order valence-corrected chi connectivity index (χ4v) is 6.10. The molecule has 0 aliphatic heterocycles. The second-order valence-electron chi connectivity index (χ2n) is 11.1. The second kappa shape index (κ2) is 16.4. The maximum Gasteiger partial charge on any atom is 0.407 e. The van der Waals surface area contributed by atoms with Gasteiger partial charge in [-0.15, -0.1) is 0 Å². The number of amides is 1. The minimum absolute atomic E-state index is 0.0422. The van der Waals surface area contributed by atoms with Crippen LogP contribution in [-0.2, 0) is 37.8 Å². The molecular formula is C33H41NO6S2. The molecule has 7 nitrogen and oxygen atoms in total. The van der Waals surface area contributed by atoms with Crippen LogP contribution in [0.3, 0.4) is 0 Å². The highest BCUT2D eigenvalue weighted by Crippen LogP contribution is 2.27. The van der Waals surface area contributed by atoms with Crippen LogP contribution in [-0.4, -0.2) is 39.5 Å². The molecule has 0 aliphatic rings. The Morgan fingerprint density at radius 2 is 1.52 bits per heavy atom. The lowest BCUT2D eigenvalue weighted by Crippen LogP contribution is -2.41. The molecule has 0 aromatic heterocycles. The van der Waals surface area contributed by atoms with Gasteiger partial charge in [-0.1, -0.05) is 93.6 Å². The predicted molar refractivity (Wildman–Crippen MR) is 170 cm³/mol. The van der Waals surface area contributed by atoms with Crippen molar-refractivity contribution in [1.82, 2.24) is 5.32 Å². The minimum atomic E-state index is -3.97. The quantitative estimate of drug-likeness (QED) is 0.183. The van der Waals surface area contributed by atoms with Gasteiger partial charge in [-0.25, -0.2) is 4.79 Å². The molecule has 0 heterocycles. The molecule has 0 radical (unpaired) electrons. The van der Waals surface area contributed by atoms with E-state index in [1.165, 1.54) is 6.08 Å².